The number of aliphatic hydroxyl groups excluding tert-OH is 1. The number of ether oxygens (including phenoxy) is 1. The van der Waals surface area contributed by atoms with Crippen molar-refractivity contribution in [3.8, 4) is 0 Å². The van der Waals surface area contributed by atoms with Gasteiger partial charge in [-0.1, -0.05) is 43.1 Å². The molecule has 1 aromatic rings. The molecule has 0 aromatic heterocycles. The molecular formula is C17H23ClN2O4. The highest BCUT2D eigenvalue weighted by Crippen LogP contribution is 2.23. The van der Waals surface area contributed by atoms with Gasteiger partial charge in [0.05, 0.1) is 25.9 Å². The van der Waals surface area contributed by atoms with Crippen molar-refractivity contribution in [3.05, 3.63) is 34.9 Å². The van der Waals surface area contributed by atoms with Crippen LogP contribution in [0.25, 0.3) is 0 Å². The molecule has 1 aromatic carbocycles. The summed E-state index contributed by atoms with van der Waals surface area (Å²) in [5, 5.41) is 13.3. The van der Waals surface area contributed by atoms with Gasteiger partial charge in [0.1, 0.15) is 5.54 Å². The third-order valence-electron chi connectivity index (χ3n) is 4.01. The molecule has 1 fully saturated rings. The maximum absolute atomic E-state index is 12.4. The second-order valence-electron chi connectivity index (χ2n) is 6.19. The largest absolute Gasteiger partial charge is 0.389 e. The van der Waals surface area contributed by atoms with Crippen molar-refractivity contribution in [2.45, 2.75) is 44.9 Å². The molecule has 3 amide bonds. The van der Waals surface area contributed by atoms with Crippen molar-refractivity contribution in [1.82, 2.24) is 10.2 Å². The van der Waals surface area contributed by atoms with E-state index in [0.29, 0.717) is 11.4 Å². The summed E-state index contributed by atoms with van der Waals surface area (Å²) >= 11 is 6.03. The average Bonchev–Trinajstić information content (AvgIpc) is 2.73. The van der Waals surface area contributed by atoms with E-state index < -0.39 is 17.7 Å². The number of aliphatic hydroxyl groups is 1. The highest BCUT2D eigenvalue weighted by molar-refractivity contribution is 6.31. The number of urea groups is 1. The van der Waals surface area contributed by atoms with Crippen LogP contribution < -0.4 is 5.32 Å². The van der Waals surface area contributed by atoms with Crippen LogP contribution in [0, 0.1) is 0 Å². The number of nitrogens with one attached hydrogen (secondary N) is 1. The molecule has 0 aliphatic carbocycles. The first-order valence-corrected chi connectivity index (χ1v) is 8.38. The number of carbonyl (C=O) groups excluding carboxylic acids is 2. The van der Waals surface area contributed by atoms with E-state index in [0.717, 1.165) is 16.9 Å². The third-order valence-corrected chi connectivity index (χ3v) is 4.38. The monoisotopic (exact) mass is 354 g/mol. The number of hydrogen-bond donors (Lipinski definition) is 2. The summed E-state index contributed by atoms with van der Waals surface area (Å²) in [5.41, 5.74) is -0.0684. The number of carbonyl (C=O) groups is 2. The van der Waals surface area contributed by atoms with E-state index in [9.17, 15) is 14.7 Å². The molecule has 1 aliphatic heterocycles. The number of halogens is 1. The summed E-state index contributed by atoms with van der Waals surface area (Å²) in [7, 11) is 0. The van der Waals surface area contributed by atoms with Crippen molar-refractivity contribution in [2.75, 3.05) is 13.2 Å². The average molecular weight is 355 g/mol. The minimum atomic E-state index is -0.953. The molecule has 1 saturated heterocycles. The number of imide groups is 1. The first-order valence-electron chi connectivity index (χ1n) is 8.00. The van der Waals surface area contributed by atoms with E-state index in [4.69, 9.17) is 16.3 Å². The molecular weight excluding hydrogens is 332 g/mol. The van der Waals surface area contributed by atoms with Crippen LogP contribution in [0.2, 0.25) is 5.02 Å². The van der Waals surface area contributed by atoms with Gasteiger partial charge in [-0.15, -0.1) is 0 Å². The van der Waals surface area contributed by atoms with Gasteiger partial charge in [-0.05, 0) is 25.0 Å². The maximum Gasteiger partial charge on any atom is 0.325 e. The molecule has 0 saturated carbocycles. The fraction of sp³-hybridized carbons (Fsp3) is 0.529. The number of hydrogen-bond acceptors (Lipinski definition) is 4. The first-order chi connectivity index (χ1) is 11.4. The SMILES string of the molecule is CCCC1(C)NC(=O)N(CC(O)COCc2ccccc2Cl)C1=O. The quantitative estimate of drug-likeness (QED) is 0.702. The van der Waals surface area contributed by atoms with Gasteiger partial charge in [-0.2, -0.15) is 0 Å². The zero-order chi connectivity index (χ0) is 17.7. The number of benzene rings is 1. The molecule has 0 bridgehead atoms. The van der Waals surface area contributed by atoms with Gasteiger partial charge in [0.15, 0.2) is 0 Å². The minimum Gasteiger partial charge on any atom is -0.389 e. The molecule has 2 unspecified atom stereocenters. The lowest BCUT2D eigenvalue weighted by atomic mass is 9.96. The van der Waals surface area contributed by atoms with E-state index in [-0.39, 0.29) is 25.7 Å². The molecule has 0 spiro atoms. The Hall–Kier alpha value is -1.63. The Morgan fingerprint density at radius 2 is 2.08 bits per heavy atom. The molecule has 7 heteroatoms. The Labute approximate surface area is 146 Å². The van der Waals surface area contributed by atoms with Crippen molar-refractivity contribution >= 4 is 23.5 Å². The smallest absolute Gasteiger partial charge is 0.325 e. The van der Waals surface area contributed by atoms with Gasteiger partial charge in [0.2, 0.25) is 0 Å². The second-order valence-corrected chi connectivity index (χ2v) is 6.60. The number of rotatable bonds is 8. The van der Waals surface area contributed by atoms with Gasteiger partial charge in [-0.25, -0.2) is 4.79 Å². The van der Waals surface area contributed by atoms with Crippen LogP contribution in [0.5, 0.6) is 0 Å². The standard InChI is InChI=1S/C17H23ClN2O4/c1-3-8-17(2)15(22)20(16(23)19-17)9-13(21)11-24-10-12-6-4-5-7-14(12)18/h4-7,13,21H,3,8-11H2,1-2H3,(H,19,23). The maximum atomic E-state index is 12.4. The Morgan fingerprint density at radius 1 is 1.38 bits per heavy atom. The first kappa shape index (κ1) is 18.7. The normalized spacial score (nSPS) is 21.9. The van der Waals surface area contributed by atoms with Crippen LogP contribution in [0.3, 0.4) is 0 Å². The van der Waals surface area contributed by atoms with Crippen molar-refractivity contribution in [2.24, 2.45) is 0 Å². The van der Waals surface area contributed by atoms with Gasteiger partial charge in [0, 0.05) is 5.02 Å². The lowest BCUT2D eigenvalue weighted by Gasteiger charge is -2.22. The molecule has 0 radical (unpaired) electrons. The fourth-order valence-electron chi connectivity index (χ4n) is 2.77. The van der Waals surface area contributed by atoms with E-state index in [1.807, 2.05) is 25.1 Å². The summed E-state index contributed by atoms with van der Waals surface area (Å²) in [5.74, 6) is -0.306. The van der Waals surface area contributed by atoms with Crippen LogP contribution in [-0.4, -0.2) is 46.7 Å². The number of amides is 3. The minimum absolute atomic E-state index is 0.00672. The van der Waals surface area contributed by atoms with E-state index in [1.165, 1.54) is 0 Å². The van der Waals surface area contributed by atoms with E-state index in [1.54, 1.807) is 13.0 Å². The zero-order valence-electron chi connectivity index (χ0n) is 13.9. The van der Waals surface area contributed by atoms with Gasteiger partial charge < -0.3 is 15.2 Å². The van der Waals surface area contributed by atoms with Crippen LogP contribution >= 0.6 is 11.6 Å². The molecule has 6 nitrogen and oxygen atoms in total. The molecule has 24 heavy (non-hydrogen) atoms. The van der Waals surface area contributed by atoms with Gasteiger partial charge >= 0.3 is 6.03 Å². The molecule has 1 aliphatic rings. The summed E-state index contributed by atoms with van der Waals surface area (Å²) in [4.78, 5) is 25.4. The fourth-order valence-corrected chi connectivity index (χ4v) is 2.96. The van der Waals surface area contributed by atoms with Crippen LogP contribution in [-0.2, 0) is 16.1 Å². The summed E-state index contributed by atoms with van der Waals surface area (Å²) in [6.45, 7) is 3.82. The number of β-amino-alcohol motifs (C(OH)–C–C–N with tert-alkyl or cyclic N) is 1. The van der Waals surface area contributed by atoms with Crippen LogP contribution in [0.1, 0.15) is 32.3 Å². The highest BCUT2D eigenvalue weighted by atomic mass is 35.5. The van der Waals surface area contributed by atoms with Crippen molar-refractivity contribution < 1.29 is 19.4 Å². The predicted octanol–water partition coefficient (Wildman–Crippen LogP) is 2.33. The van der Waals surface area contributed by atoms with E-state index >= 15 is 0 Å². The molecule has 1 heterocycles. The third kappa shape index (κ3) is 4.26. The Bertz CT molecular complexity index is 610. The van der Waals surface area contributed by atoms with E-state index in [2.05, 4.69) is 5.32 Å². The number of nitrogens with zero attached hydrogens (tertiary/aromatic N) is 1. The molecule has 2 atom stereocenters. The Balaban J connectivity index is 1.84. The molecule has 2 N–H and O–H groups in total. The zero-order valence-corrected chi connectivity index (χ0v) is 14.7. The topological polar surface area (TPSA) is 78.9 Å². The summed E-state index contributed by atoms with van der Waals surface area (Å²) in [6, 6.07) is 6.80. The van der Waals surface area contributed by atoms with Crippen LogP contribution in [0.4, 0.5) is 4.79 Å². The Kier molecular flexibility index (Phi) is 6.21. The van der Waals surface area contributed by atoms with Gasteiger partial charge in [-0.3, -0.25) is 9.69 Å². The second kappa shape index (κ2) is 7.96. The Morgan fingerprint density at radius 3 is 2.75 bits per heavy atom. The molecule has 132 valence electrons. The lowest BCUT2D eigenvalue weighted by Crippen LogP contribution is -2.44. The van der Waals surface area contributed by atoms with Crippen molar-refractivity contribution in [3.63, 3.8) is 0 Å². The van der Waals surface area contributed by atoms with Gasteiger partial charge in [0.25, 0.3) is 5.91 Å². The van der Waals surface area contributed by atoms with Crippen molar-refractivity contribution in [1.29, 1.82) is 0 Å². The molecule has 2 rings (SSSR count). The van der Waals surface area contributed by atoms with Crippen LogP contribution in [0.15, 0.2) is 24.3 Å². The lowest BCUT2D eigenvalue weighted by molar-refractivity contribution is -0.132. The summed E-state index contributed by atoms with van der Waals surface area (Å²) < 4.78 is 5.44. The predicted molar refractivity (Wildman–Crippen MR) is 90.7 cm³/mol. The highest BCUT2D eigenvalue weighted by Gasteiger charge is 2.47. The summed E-state index contributed by atoms with van der Waals surface area (Å²) in [6.07, 6.45) is 0.388.